The van der Waals surface area contributed by atoms with Crippen LogP contribution in [0.1, 0.15) is 48.9 Å². The maximum Gasteiger partial charge on any atom is 0.410 e. The van der Waals surface area contributed by atoms with Crippen LogP contribution in [0.4, 0.5) is 10.6 Å². The third kappa shape index (κ3) is 6.74. The zero-order valence-corrected chi connectivity index (χ0v) is 24.4. The zero-order valence-electron chi connectivity index (χ0n) is 24.4. The second-order valence-corrected chi connectivity index (χ2v) is 11.6. The minimum Gasteiger partial charge on any atom is -0.505 e. The zero-order chi connectivity index (χ0) is 30.7. The number of carbonyl (C=O) groups excluding carboxylic acids is 3. The van der Waals surface area contributed by atoms with Gasteiger partial charge in [0.15, 0.2) is 11.4 Å². The molecular weight excluding hydrogens is 552 g/mol. The number of carbonyl (C=O) groups is 3. The summed E-state index contributed by atoms with van der Waals surface area (Å²) in [6.07, 6.45) is 3.27. The lowest BCUT2D eigenvalue weighted by Crippen LogP contribution is -2.53. The first-order valence-corrected chi connectivity index (χ1v) is 14.2. The topological polar surface area (TPSA) is 165 Å². The Hall–Kier alpha value is -4.99. The number of nitrogens with zero attached hydrogens (tertiary/aromatic N) is 7. The number of anilines is 1. The summed E-state index contributed by atoms with van der Waals surface area (Å²) in [7, 11) is 0. The van der Waals surface area contributed by atoms with Crippen LogP contribution in [0.5, 0.6) is 5.75 Å². The third-order valence-electron chi connectivity index (χ3n) is 7.42. The maximum absolute atomic E-state index is 13.3. The van der Waals surface area contributed by atoms with Crippen LogP contribution < -0.4 is 10.2 Å². The molecule has 224 valence electrons. The predicted molar refractivity (Wildman–Crippen MR) is 156 cm³/mol. The number of hydrogen-bond donors (Lipinski definition) is 2. The van der Waals surface area contributed by atoms with Crippen LogP contribution in [0.15, 0.2) is 36.7 Å². The highest BCUT2D eigenvalue weighted by Crippen LogP contribution is 2.30. The quantitative estimate of drug-likeness (QED) is 0.454. The second-order valence-electron chi connectivity index (χ2n) is 11.6. The van der Waals surface area contributed by atoms with E-state index in [4.69, 9.17) is 10.00 Å². The third-order valence-corrected chi connectivity index (χ3v) is 7.42. The van der Waals surface area contributed by atoms with E-state index in [9.17, 15) is 19.5 Å². The summed E-state index contributed by atoms with van der Waals surface area (Å²) in [5, 5.41) is 22.8. The van der Waals surface area contributed by atoms with Crippen LogP contribution in [0.2, 0.25) is 0 Å². The van der Waals surface area contributed by atoms with Crippen LogP contribution in [0.25, 0.3) is 10.9 Å². The normalized spacial score (nSPS) is 17.1. The molecule has 3 aromatic rings. The van der Waals surface area contributed by atoms with Gasteiger partial charge in [-0.2, -0.15) is 5.26 Å². The van der Waals surface area contributed by atoms with Gasteiger partial charge in [-0.25, -0.2) is 19.7 Å². The van der Waals surface area contributed by atoms with Crippen molar-refractivity contribution in [2.45, 2.75) is 39.3 Å². The molecule has 2 N–H and O–H groups in total. The molecule has 2 aliphatic heterocycles. The number of nitrogens with one attached hydrogen (secondary N) is 1. The van der Waals surface area contributed by atoms with E-state index in [1.807, 2.05) is 36.6 Å². The van der Waals surface area contributed by atoms with Crippen LogP contribution in [-0.4, -0.2) is 92.6 Å². The molecule has 0 aliphatic carbocycles. The van der Waals surface area contributed by atoms with Crippen molar-refractivity contribution >= 4 is 34.6 Å². The van der Waals surface area contributed by atoms with Gasteiger partial charge in [0.1, 0.15) is 23.2 Å². The molecule has 0 radical (unpaired) electrons. The van der Waals surface area contributed by atoms with Crippen molar-refractivity contribution < 1.29 is 24.2 Å². The Bertz CT molecular complexity index is 1570. The highest BCUT2D eigenvalue weighted by atomic mass is 16.6. The van der Waals surface area contributed by atoms with Gasteiger partial charge in [0, 0.05) is 57.4 Å². The van der Waals surface area contributed by atoms with E-state index in [1.54, 1.807) is 29.2 Å². The number of rotatable bonds is 5. The highest BCUT2D eigenvalue weighted by Gasteiger charge is 2.35. The first-order valence-electron chi connectivity index (χ1n) is 14.2. The number of aromatic hydroxyl groups is 1. The monoisotopic (exact) mass is 586 g/mol. The second kappa shape index (κ2) is 12.1. The molecule has 5 heterocycles. The lowest BCUT2D eigenvalue weighted by Gasteiger charge is -2.36. The number of amides is 3. The van der Waals surface area contributed by atoms with Gasteiger partial charge < -0.3 is 29.9 Å². The largest absolute Gasteiger partial charge is 0.505 e. The van der Waals surface area contributed by atoms with Gasteiger partial charge in [0.25, 0.3) is 5.91 Å². The molecule has 1 atom stereocenters. The van der Waals surface area contributed by atoms with E-state index in [0.29, 0.717) is 68.0 Å². The number of hydrogen-bond acceptors (Lipinski definition) is 10. The number of ether oxygens (including phenoxy) is 1. The van der Waals surface area contributed by atoms with Crippen LogP contribution in [0.3, 0.4) is 0 Å². The smallest absolute Gasteiger partial charge is 0.410 e. The minimum absolute atomic E-state index is 0.0684. The Labute approximate surface area is 249 Å². The Morgan fingerprint density at radius 3 is 2.47 bits per heavy atom. The van der Waals surface area contributed by atoms with Gasteiger partial charge in [-0.15, -0.1) is 0 Å². The Morgan fingerprint density at radius 1 is 1.05 bits per heavy atom. The summed E-state index contributed by atoms with van der Waals surface area (Å²) < 4.78 is 5.45. The Kier molecular flexibility index (Phi) is 8.29. The van der Waals surface area contributed by atoms with E-state index in [-0.39, 0.29) is 41.6 Å². The SMILES string of the molecule is CC(C)(C)OC(=O)N1CCN(C(=O)[C@H]2CCN(c3ccc4c(O)c(C(=O)NCc5ccc(C#N)nc5)ncc4n3)C2)CC1. The number of fused-ring (bicyclic) bond motifs is 1. The first-order chi connectivity index (χ1) is 20.5. The Balaban J connectivity index is 1.18. The average Bonchev–Trinajstić information content (AvgIpc) is 3.49. The van der Waals surface area contributed by atoms with Crippen molar-refractivity contribution in [2.75, 3.05) is 44.2 Å². The summed E-state index contributed by atoms with van der Waals surface area (Å²) in [5.74, 6) is -0.287. The first kappa shape index (κ1) is 29.5. The summed E-state index contributed by atoms with van der Waals surface area (Å²) in [5.41, 5.74) is 0.718. The molecule has 3 amide bonds. The molecule has 0 aromatic carbocycles. The highest BCUT2D eigenvalue weighted by molar-refractivity contribution is 6.00. The van der Waals surface area contributed by atoms with Gasteiger partial charge in [-0.05, 0) is 51.0 Å². The predicted octanol–water partition coefficient (Wildman–Crippen LogP) is 2.44. The molecule has 13 nitrogen and oxygen atoms in total. The Morgan fingerprint density at radius 2 is 1.79 bits per heavy atom. The van der Waals surface area contributed by atoms with Crippen LogP contribution in [-0.2, 0) is 16.1 Å². The van der Waals surface area contributed by atoms with Gasteiger partial charge in [0.05, 0.1) is 17.6 Å². The van der Waals surface area contributed by atoms with Gasteiger partial charge >= 0.3 is 6.09 Å². The molecule has 13 heteroatoms. The van der Waals surface area contributed by atoms with E-state index in [2.05, 4.69) is 20.3 Å². The molecular formula is C30H34N8O5. The van der Waals surface area contributed by atoms with Gasteiger partial charge in [0.2, 0.25) is 5.91 Å². The molecule has 2 aliphatic rings. The van der Waals surface area contributed by atoms with Gasteiger partial charge in [-0.3, -0.25) is 9.59 Å². The lowest BCUT2D eigenvalue weighted by atomic mass is 10.1. The fraction of sp³-hybridized carbons (Fsp3) is 0.433. The molecule has 2 saturated heterocycles. The lowest BCUT2D eigenvalue weighted by molar-refractivity contribution is -0.136. The molecule has 0 saturated carbocycles. The van der Waals surface area contributed by atoms with Crippen LogP contribution in [0, 0.1) is 17.2 Å². The van der Waals surface area contributed by atoms with E-state index in [0.717, 1.165) is 0 Å². The number of aromatic nitrogens is 3. The van der Waals surface area contributed by atoms with Crippen molar-refractivity contribution in [1.82, 2.24) is 30.1 Å². The van der Waals surface area contributed by atoms with Crippen molar-refractivity contribution in [2.24, 2.45) is 5.92 Å². The molecule has 0 bridgehead atoms. The summed E-state index contributed by atoms with van der Waals surface area (Å²) in [6.45, 7) is 8.61. The fourth-order valence-electron chi connectivity index (χ4n) is 5.14. The van der Waals surface area contributed by atoms with E-state index < -0.39 is 11.5 Å². The molecule has 5 rings (SSSR count). The summed E-state index contributed by atoms with van der Waals surface area (Å²) >= 11 is 0. The molecule has 0 unspecified atom stereocenters. The van der Waals surface area contributed by atoms with Crippen molar-refractivity contribution in [1.29, 1.82) is 5.26 Å². The van der Waals surface area contributed by atoms with Crippen molar-refractivity contribution in [3.05, 3.63) is 53.6 Å². The van der Waals surface area contributed by atoms with Crippen molar-refractivity contribution in [3.63, 3.8) is 0 Å². The van der Waals surface area contributed by atoms with Crippen LogP contribution >= 0.6 is 0 Å². The fourth-order valence-corrected chi connectivity index (χ4v) is 5.14. The number of pyridine rings is 3. The molecule has 3 aromatic heterocycles. The average molecular weight is 587 g/mol. The maximum atomic E-state index is 13.3. The molecule has 2 fully saturated rings. The van der Waals surface area contributed by atoms with E-state index >= 15 is 0 Å². The summed E-state index contributed by atoms with van der Waals surface area (Å²) in [4.78, 5) is 56.6. The summed E-state index contributed by atoms with van der Waals surface area (Å²) in [6, 6.07) is 8.65. The number of piperazine rings is 1. The minimum atomic E-state index is -0.564. The van der Waals surface area contributed by atoms with Gasteiger partial charge in [-0.1, -0.05) is 6.07 Å². The number of nitriles is 1. The molecule has 43 heavy (non-hydrogen) atoms. The standard InChI is InChI=1S/C30H34N8O5/c1-30(2,3)43-29(42)37-12-10-36(11-13-37)28(41)20-8-9-38(18-20)24-7-6-22-23(35-24)17-33-25(26(22)39)27(40)34-16-19-4-5-21(14-31)32-15-19/h4-7,15,17,20,39H,8-13,16,18H2,1-3H3,(H,34,40)/t20-/m0/s1. The van der Waals surface area contributed by atoms with E-state index in [1.165, 1.54) is 12.4 Å². The molecule has 0 spiro atoms. The van der Waals surface area contributed by atoms with Crippen molar-refractivity contribution in [3.8, 4) is 11.8 Å².